The first kappa shape index (κ1) is 26.4. The molecule has 11 heteroatoms. The van der Waals surface area contributed by atoms with Gasteiger partial charge in [-0.05, 0) is 69.4 Å². The number of nitrogens with zero attached hydrogens (tertiary/aromatic N) is 4. The zero-order chi connectivity index (χ0) is 28.1. The van der Waals surface area contributed by atoms with Crippen LogP contribution in [0.3, 0.4) is 0 Å². The summed E-state index contributed by atoms with van der Waals surface area (Å²) in [7, 11) is 1.69. The van der Waals surface area contributed by atoms with Crippen LogP contribution in [0.15, 0.2) is 34.9 Å². The molecule has 3 heterocycles. The summed E-state index contributed by atoms with van der Waals surface area (Å²) in [5.74, 6) is -1.55. The third-order valence-electron chi connectivity index (χ3n) is 8.03. The van der Waals surface area contributed by atoms with E-state index in [1.165, 1.54) is 17.0 Å². The predicted molar refractivity (Wildman–Crippen MR) is 141 cm³/mol. The smallest absolute Gasteiger partial charge is 0.414 e. The van der Waals surface area contributed by atoms with Gasteiger partial charge in [0.2, 0.25) is 0 Å². The van der Waals surface area contributed by atoms with Crippen LogP contribution in [0.5, 0.6) is 0 Å². The monoisotopic (exact) mass is 554 g/mol. The zero-order valence-electron chi connectivity index (χ0n) is 22.4. The van der Waals surface area contributed by atoms with Crippen molar-refractivity contribution < 1.29 is 32.0 Å². The molecule has 0 N–H and O–H groups in total. The van der Waals surface area contributed by atoms with Crippen LogP contribution in [-0.4, -0.2) is 40.6 Å². The van der Waals surface area contributed by atoms with Gasteiger partial charge < -0.3 is 18.6 Å². The zero-order valence-corrected chi connectivity index (χ0v) is 22.4. The average Bonchev–Trinajstić information content (AvgIpc) is 3.49. The van der Waals surface area contributed by atoms with Crippen molar-refractivity contribution in [3.8, 4) is 11.1 Å². The molecule has 8 nitrogen and oxygen atoms in total. The normalized spacial score (nSPS) is 21.7. The highest BCUT2D eigenvalue weighted by Crippen LogP contribution is 2.42. The van der Waals surface area contributed by atoms with Crippen LogP contribution in [0.2, 0.25) is 0 Å². The van der Waals surface area contributed by atoms with E-state index in [2.05, 4.69) is 5.16 Å². The molecule has 2 aromatic heterocycles. The molecule has 1 aliphatic heterocycles. The lowest BCUT2D eigenvalue weighted by Gasteiger charge is -2.37. The molecule has 40 heavy (non-hydrogen) atoms. The first-order valence-corrected chi connectivity index (χ1v) is 13.3. The average molecular weight is 555 g/mol. The molecule has 0 radical (unpaired) electrons. The van der Waals surface area contributed by atoms with E-state index in [4.69, 9.17) is 19.0 Å². The summed E-state index contributed by atoms with van der Waals surface area (Å²) in [6, 6.07) is 5.71. The summed E-state index contributed by atoms with van der Waals surface area (Å²) >= 11 is 0. The Labute approximate surface area is 228 Å². The summed E-state index contributed by atoms with van der Waals surface area (Å²) < 4.78 is 62.2. The molecule has 2 fully saturated rings. The van der Waals surface area contributed by atoms with Crippen LogP contribution >= 0.6 is 0 Å². The van der Waals surface area contributed by atoms with Gasteiger partial charge in [-0.1, -0.05) is 5.16 Å². The van der Waals surface area contributed by atoms with Gasteiger partial charge in [0.05, 0.1) is 29.6 Å². The van der Waals surface area contributed by atoms with Crippen LogP contribution in [0.1, 0.15) is 61.5 Å². The number of cyclic esters (lactones) is 1. The highest BCUT2D eigenvalue weighted by atomic mass is 19.2. The van der Waals surface area contributed by atoms with E-state index in [-0.39, 0.29) is 24.4 Å². The molecule has 1 aliphatic carbocycles. The van der Waals surface area contributed by atoms with Crippen molar-refractivity contribution in [1.29, 1.82) is 0 Å². The largest absolute Gasteiger partial charge is 0.449 e. The fourth-order valence-corrected chi connectivity index (χ4v) is 6.13. The molecule has 1 unspecified atom stereocenters. The number of benzene rings is 2. The van der Waals surface area contributed by atoms with E-state index in [0.29, 0.717) is 45.9 Å². The SMILES string of the molecule is COC1CCC(n2c(C3CCOC(=O)N3c3ccc(F)c(F)c3)nc3cc(-c4c(C)noc4C)cc(F)c32)CC1. The van der Waals surface area contributed by atoms with Crippen molar-refractivity contribution in [1.82, 2.24) is 14.7 Å². The minimum absolute atomic E-state index is 0.101. The number of methoxy groups -OCH3 is 1. The number of hydrogen-bond donors (Lipinski definition) is 0. The maximum Gasteiger partial charge on any atom is 0.414 e. The quantitative estimate of drug-likeness (QED) is 0.266. The van der Waals surface area contributed by atoms with Gasteiger partial charge in [0, 0.05) is 31.2 Å². The minimum atomic E-state index is -1.09. The molecule has 1 saturated carbocycles. The highest BCUT2D eigenvalue weighted by Gasteiger charge is 2.38. The Morgan fingerprint density at radius 3 is 2.42 bits per heavy atom. The van der Waals surface area contributed by atoms with E-state index >= 15 is 4.39 Å². The molecule has 2 aliphatic rings. The van der Waals surface area contributed by atoms with Crippen LogP contribution in [0.4, 0.5) is 23.7 Å². The molecule has 1 atom stereocenters. The molecular weight excluding hydrogens is 525 g/mol. The Hall–Kier alpha value is -3.86. The Balaban J connectivity index is 1.54. The van der Waals surface area contributed by atoms with E-state index in [1.807, 2.05) is 4.57 Å². The summed E-state index contributed by atoms with van der Waals surface area (Å²) in [6.07, 6.45) is 2.78. The van der Waals surface area contributed by atoms with Crippen molar-refractivity contribution in [2.75, 3.05) is 18.6 Å². The maximum absolute atomic E-state index is 16.1. The third-order valence-corrected chi connectivity index (χ3v) is 8.03. The summed E-state index contributed by atoms with van der Waals surface area (Å²) in [6.45, 7) is 3.67. The number of anilines is 1. The number of hydrogen-bond acceptors (Lipinski definition) is 6. The first-order chi connectivity index (χ1) is 19.3. The highest BCUT2D eigenvalue weighted by molar-refractivity contribution is 5.90. The Kier molecular flexibility index (Phi) is 6.77. The molecule has 4 aromatic rings. The van der Waals surface area contributed by atoms with E-state index in [1.54, 1.807) is 27.0 Å². The minimum Gasteiger partial charge on any atom is -0.449 e. The topological polar surface area (TPSA) is 82.6 Å². The van der Waals surface area contributed by atoms with Crippen molar-refractivity contribution in [3.63, 3.8) is 0 Å². The second-order valence-electron chi connectivity index (χ2n) is 10.4. The number of rotatable bonds is 5. The molecule has 1 saturated heterocycles. The van der Waals surface area contributed by atoms with Crippen molar-refractivity contribution in [2.24, 2.45) is 0 Å². The number of carbonyl (C=O) groups is 1. The van der Waals surface area contributed by atoms with E-state index in [9.17, 15) is 13.6 Å². The summed E-state index contributed by atoms with van der Waals surface area (Å²) in [4.78, 5) is 19.2. The maximum atomic E-state index is 16.1. The van der Waals surface area contributed by atoms with Gasteiger partial charge in [-0.3, -0.25) is 4.90 Å². The molecule has 0 spiro atoms. The third kappa shape index (κ3) is 4.42. The number of aryl methyl sites for hydroxylation is 2. The standard InChI is InChI=1S/C29H29F3N4O4/c1-15-26(16(2)40-34-15)17-12-23(32)27-24(13-17)33-28(36(27)18-4-7-20(38-3)8-5-18)25-10-11-39-29(37)35(25)19-6-9-21(30)22(31)14-19/h6,9,12-14,18,20,25H,4-5,7-8,10-11H2,1-3H3. The van der Waals surface area contributed by atoms with Crippen LogP contribution in [0.25, 0.3) is 22.2 Å². The van der Waals surface area contributed by atoms with Gasteiger partial charge in [-0.2, -0.15) is 0 Å². The Bertz CT molecular complexity index is 1570. The fourth-order valence-electron chi connectivity index (χ4n) is 6.13. The van der Waals surface area contributed by atoms with Crippen LogP contribution < -0.4 is 4.90 Å². The second-order valence-corrected chi connectivity index (χ2v) is 10.4. The molecule has 1 amide bonds. The van der Waals surface area contributed by atoms with Gasteiger partial charge in [0.1, 0.15) is 29.0 Å². The number of carbonyl (C=O) groups excluding carboxylic acids is 1. The van der Waals surface area contributed by atoms with Gasteiger partial charge in [0.15, 0.2) is 11.6 Å². The van der Waals surface area contributed by atoms with Gasteiger partial charge in [-0.15, -0.1) is 0 Å². The number of amides is 1. The molecule has 0 bridgehead atoms. The molecule has 210 valence electrons. The van der Waals surface area contributed by atoms with Gasteiger partial charge in [0.25, 0.3) is 0 Å². The molecular formula is C29H29F3N4O4. The lowest BCUT2D eigenvalue weighted by atomic mass is 9.92. The first-order valence-electron chi connectivity index (χ1n) is 13.3. The number of halogens is 3. The molecule has 2 aromatic carbocycles. The number of imidazole rings is 1. The van der Waals surface area contributed by atoms with E-state index < -0.39 is 29.6 Å². The Morgan fingerprint density at radius 2 is 1.75 bits per heavy atom. The lowest BCUT2D eigenvalue weighted by Crippen LogP contribution is -2.42. The lowest BCUT2D eigenvalue weighted by molar-refractivity contribution is 0.0581. The van der Waals surface area contributed by atoms with Gasteiger partial charge in [-0.25, -0.2) is 22.9 Å². The van der Waals surface area contributed by atoms with Crippen LogP contribution in [-0.2, 0) is 9.47 Å². The van der Waals surface area contributed by atoms with Gasteiger partial charge >= 0.3 is 6.09 Å². The number of aromatic nitrogens is 3. The van der Waals surface area contributed by atoms with Crippen molar-refractivity contribution >= 4 is 22.8 Å². The fraction of sp³-hybridized carbons (Fsp3) is 0.414. The summed E-state index contributed by atoms with van der Waals surface area (Å²) in [5, 5.41) is 4.00. The number of fused-ring (bicyclic) bond motifs is 1. The molecule has 6 rings (SSSR count). The number of ether oxygens (including phenoxy) is 2. The Morgan fingerprint density at radius 1 is 0.975 bits per heavy atom. The van der Waals surface area contributed by atoms with Crippen molar-refractivity contribution in [2.45, 2.75) is 64.1 Å². The van der Waals surface area contributed by atoms with Crippen molar-refractivity contribution in [3.05, 3.63) is 65.1 Å². The summed E-state index contributed by atoms with van der Waals surface area (Å²) in [5.41, 5.74) is 2.79. The van der Waals surface area contributed by atoms with E-state index in [0.717, 1.165) is 37.8 Å². The van der Waals surface area contributed by atoms with Crippen LogP contribution in [0, 0.1) is 31.3 Å². The predicted octanol–water partition coefficient (Wildman–Crippen LogP) is 6.94. The second kappa shape index (κ2) is 10.3.